The van der Waals surface area contributed by atoms with Crippen LogP contribution in [0.3, 0.4) is 0 Å². The monoisotopic (exact) mass is 169 g/mol. The van der Waals surface area contributed by atoms with Crippen LogP contribution < -0.4 is 0 Å². The molecule has 0 saturated heterocycles. The Morgan fingerprint density at radius 3 is 2.54 bits per heavy atom. The lowest BCUT2D eigenvalue weighted by Gasteiger charge is -1.98. The number of nitrogens with zero attached hydrogens (tertiary/aromatic N) is 2. The van der Waals surface area contributed by atoms with Crippen LogP contribution in [-0.4, -0.2) is 9.97 Å². The van der Waals surface area contributed by atoms with Gasteiger partial charge >= 0.3 is 0 Å². The van der Waals surface area contributed by atoms with Crippen molar-refractivity contribution in [3.8, 4) is 11.4 Å². The Hall–Kier alpha value is -1.70. The van der Waals surface area contributed by atoms with Crippen LogP contribution in [0.5, 0.6) is 0 Å². The van der Waals surface area contributed by atoms with Crippen LogP contribution in [0.4, 0.5) is 0 Å². The summed E-state index contributed by atoms with van der Waals surface area (Å²) in [5.41, 5.74) is 2.27. The summed E-state index contributed by atoms with van der Waals surface area (Å²) in [6.07, 6.45) is 4.46. The highest BCUT2D eigenvalue weighted by Gasteiger charge is 1.97. The van der Waals surface area contributed by atoms with Gasteiger partial charge < -0.3 is 0 Å². The molecule has 1 aromatic carbocycles. The maximum atomic E-state index is 4.14. The molecule has 1 aromatic heterocycles. The van der Waals surface area contributed by atoms with E-state index in [-0.39, 0.29) is 0 Å². The molecule has 0 aliphatic rings. The van der Waals surface area contributed by atoms with Crippen molar-refractivity contribution in [2.24, 2.45) is 0 Å². The summed E-state index contributed by atoms with van der Waals surface area (Å²) in [5, 5.41) is 0. The summed E-state index contributed by atoms with van der Waals surface area (Å²) in [7, 11) is 0. The largest absolute Gasteiger partial charge is 0.237 e. The van der Waals surface area contributed by atoms with Crippen LogP contribution in [0.1, 0.15) is 5.56 Å². The fourth-order valence-electron chi connectivity index (χ4n) is 1.11. The molecule has 2 nitrogen and oxygen atoms in total. The lowest BCUT2D eigenvalue weighted by Crippen LogP contribution is -1.86. The molecule has 63 valence electrons. The summed E-state index contributed by atoms with van der Waals surface area (Å²) in [6, 6.07) is 9.81. The zero-order valence-electron chi connectivity index (χ0n) is 7.36. The van der Waals surface area contributed by atoms with Gasteiger partial charge in [-0.05, 0) is 13.0 Å². The molecule has 0 spiro atoms. The van der Waals surface area contributed by atoms with Crippen molar-refractivity contribution in [2.75, 3.05) is 0 Å². The minimum Gasteiger partial charge on any atom is -0.237 e. The molecule has 1 radical (unpaired) electrons. The minimum atomic E-state index is 0.725. The van der Waals surface area contributed by atoms with Crippen molar-refractivity contribution in [1.82, 2.24) is 9.97 Å². The van der Waals surface area contributed by atoms with Gasteiger partial charge in [0.15, 0.2) is 5.82 Å². The van der Waals surface area contributed by atoms with Gasteiger partial charge in [-0.1, -0.05) is 29.8 Å². The molecule has 0 aliphatic heterocycles. The molecule has 0 aliphatic carbocycles. The number of hydrogen-bond donors (Lipinski definition) is 0. The predicted molar refractivity (Wildman–Crippen MR) is 51.0 cm³/mol. The molecule has 13 heavy (non-hydrogen) atoms. The molecule has 0 unspecified atom stereocenters. The second kappa shape index (κ2) is 3.35. The number of hydrogen-bond acceptors (Lipinski definition) is 2. The highest BCUT2D eigenvalue weighted by Crippen LogP contribution is 2.13. The maximum Gasteiger partial charge on any atom is 0.159 e. The third kappa shape index (κ3) is 1.72. The topological polar surface area (TPSA) is 25.8 Å². The van der Waals surface area contributed by atoms with Gasteiger partial charge in [-0.15, -0.1) is 0 Å². The van der Waals surface area contributed by atoms with E-state index in [1.807, 2.05) is 24.3 Å². The van der Waals surface area contributed by atoms with Crippen LogP contribution in [0.25, 0.3) is 11.4 Å². The third-order valence-corrected chi connectivity index (χ3v) is 1.83. The Morgan fingerprint density at radius 1 is 1.15 bits per heavy atom. The van der Waals surface area contributed by atoms with Crippen LogP contribution in [0.2, 0.25) is 0 Å². The molecule has 2 aromatic rings. The Bertz CT molecular complexity index is 379. The van der Waals surface area contributed by atoms with E-state index in [4.69, 9.17) is 0 Å². The number of rotatable bonds is 1. The molecule has 2 rings (SSSR count). The second-order valence-corrected chi connectivity index (χ2v) is 2.88. The number of benzene rings is 1. The van der Waals surface area contributed by atoms with Gasteiger partial charge in [0.25, 0.3) is 0 Å². The van der Waals surface area contributed by atoms with E-state index >= 15 is 0 Å². The average molecular weight is 169 g/mol. The van der Waals surface area contributed by atoms with Crippen molar-refractivity contribution in [2.45, 2.75) is 6.92 Å². The smallest absolute Gasteiger partial charge is 0.159 e. The van der Waals surface area contributed by atoms with E-state index in [0.29, 0.717) is 0 Å². The Kier molecular flexibility index (Phi) is 2.04. The first-order valence-corrected chi connectivity index (χ1v) is 4.12. The molecular weight excluding hydrogens is 160 g/mol. The quantitative estimate of drug-likeness (QED) is 0.654. The van der Waals surface area contributed by atoms with Crippen molar-refractivity contribution in [3.05, 3.63) is 48.3 Å². The van der Waals surface area contributed by atoms with Crippen molar-refractivity contribution < 1.29 is 0 Å². The summed E-state index contributed by atoms with van der Waals surface area (Å²) in [6.45, 7) is 2.06. The van der Waals surface area contributed by atoms with Gasteiger partial charge in [0, 0.05) is 11.8 Å². The third-order valence-electron chi connectivity index (χ3n) is 1.83. The van der Waals surface area contributed by atoms with Crippen LogP contribution in [0.15, 0.2) is 36.5 Å². The lowest BCUT2D eigenvalue weighted by atomic mass is 10.1. The molecule has 0 fully saturated rings. The van der Waals surface area contributed by atoms with E-state index in [2.05, 4.69) is 23.1 Å². The fourth-order valence-corrected chi connectivity index (χ4v) is 1.11. The minimum absolute atomic E-state index is 0.725. The van der Waals surface area contributed by atoms with Gasteiger partial charge in [0.2, 0.25) is 0 Å². The predicted octanol–water partition coefficient (Wildman–Crippen LogP) is 2.25. The normalized spacial score (nSPS) is 9.92. The highest BCUT2D eigenvalue weighted by molar-refractivity contribution is 5.54. The van der Waals surface area contributed by atoms with E-state index in [9.17, 15) is 0 Å². The molecule has 2 heteroatoms. The Labute approximate surface area is 77.3 Å². The summed E-state index contributed by atoms with van der Waals surface area (Å²) >= 11 is 0. The standard InChI is InChI=1S/C11H9N2/c1-9-3-5-10(6-4-9)11-12-7-2-8-13-11/h2-7H,1H3. The van der Waals surface area contributed by atoms with Crippen molar-refractivity contribution in [1.29, 1.82) is 0 Å². The zero-order chi connectivity index (χ0) is 9.10. The van der Waals surface area contributed by atoms with Crippen LogP contribution in [-0.2, 0) is 0 Å². The van der Waals surface area contributed by atoms with Gasteiger partial charge in [-0.2, -0.15) is 0 Å². The van der Waals surface area contributed by atoms with Gasteiger partial charge in [-0.3, -0.25) is 0 Å². The second-order valence-electron chi connectivity index (χ2n) is 2.88. The van der Waals surface area contributed by atoms with Crippen LogP contribution >= 0.6 is 0 Å². The molecule has 1 heterocycles. The van der Waals surface area contributed by atoms with Gasteiger partial charge in [0.1, 0.15) is 0 Å². The average Bonchev–Trinajstić information content (AvgIpc) is 2.20. The van der Waals surface area contributed by atoms with Crippen LogP contribution in [0, 0.1) is 13.1 Å². The lowest BCUT2D eigenvalue weighted by molar-refractivity contribution is 1.17. The number of aryl methyl sites for hydroxylation is 1. The van der Waals surface area contributed by atoms with Crippen molar-refractivity contribution >= 4 is 0 Å². The van der Waals surface area contributed by atoms with Crippen molar-refractivity contribution in [3.63, 3.8) is 0 Å². The Morgan fingerprint density at radius 2 is 1.92 bits per heavy atom. The van der Waals surface area contributed by atoms with E-state index < -0.39 is 0 Å². The highest BCUT2D eigenvalue weighted by atomic mass is 14.8. The van der Waals surface area contributed by atoms with Gasteiger partial charge in [-0.25, -0.2) is 9.97 Å². The first kappa shape index (κ1) is 7.92. The molecule has 0 amide bonds. The van der Waals surface area contributed by atoms with E-state index in [1.54, 1.807) is 12.3 Å². The van der Waals surface area contributed by atoms with E-state index in [0.717, 1.165) is 11.4 Å². The molecular formula is C11H9N2. The summed E-state index contributed by atoms with van der Waals surface area (Å²) < 4.78 is 0. The molecule has 0 N–H and O–H groups in total. The summed E-state index contributed by atoms with van der Waals surface area (Å²) in [5.74, 6) is 0.725. The first-order valence-electron chi connectivity index (χ1n) is 4.12. The maximum absolute atomic E-state index is 4.14. The summed E-state index contributed by atoms with van der Waals surface area (Å²) in [4.78, 5) is 8.18. The molecule has 0 saturated carbocycles. The van der Waals surface area contributed by atoms with E-state index in [1.165, 1.54) is 5.56 Å². The molecule has 0 atom stereocenters. The molecule has 0 bridgehead atoms. The fraction of sp³-hybridized carbons (Fsp3) is 0.0909. The zero-order valence-corrected chi connectivity index (χ0v) is 7.36. The Balaban J connectivity index is 2.42. The SMILES string of the molecule is Cc1ccc(-c2n[c]ccn2)cc1. The first-order chi connectivity index (χ1) is 6.36. The number of aromatic nitrogens is 2. The van der Waals surface area contributed by atoms with Gasteiger partial charge in [0.05, 0.1) is 6.20 Å².